The molecule has 0 saturated heterocycles. The van der Waals surface area contributed by atoms with Crippen LogP contribution in [0.4, 0.5) is 5.82 Å². The first-order valence-electron chi connectivity index (χ1n) is 7.05. The van der Waals surface area contributed by atoms with E-state index in [0.29, 0.717) is 5.56 Å². The maximum absolute atomic E-state index is 12.1. The van der Waals surface area contributed by atoms with Crippen molar-refractivity contribution in [2.75, 3.05) is 18.9 Å². The molecule has 0 radical (unpaired) electrons. The third kappa shape index (κ3) is 3.69. The highest BCUT2D eigenvalue weighted by molar-refractivity contribution is 5.94. The van der Waals surface area contributed by atoms with Crippen molar-refractivity contribution in [1.29, 1.82) is 0 Å². The zero-order valence-corrected chi connectivity index (χ0v) is 11.8. The lowest BCUT2D eigenvalue weighted by Gasteiger charge is -2.33. The molecule has 1 aliphatic rings. The lowest BCUT2D eigenvalue weighted by Crippen LogP contribution is -2.37. The van der Waals surface area contributed by atoms with E-state index in [1.165, 1.54) is 32.1 Å². The molecule has 0 bridgehead atoms. The summed E-state index contributed by atoms with van der Waals surface area (Å²) in [6.07, 6.45) is 7.94. The van der Waals surface area contributed by atoms with Crippen molar-refractivity contribution < 1.29 is 4.79 Å². The fraction of sp³-hybridized carbons (Fsp3) is 0.600. The maximum atomic E-state index is 12.1. The van der Waals surface area contributed by atoms with Gasteiger partial charge in [0.1, 0.15) is 5.82 Å². The fourth-order valence-electron chi connectivity index (χ4n) is 2.65. The Bertz CT molecular complexity index is 422. The molecule has 0 spiro atoms. The van der Waals surface area contributed by atoms with Gasteiger partial charge in [-0.3, -0.25) is 4.79 Å². The van der Waals surface area contributed by atoms with Gasteiger partial charge in [-0.15, -0.1) is 0 Å². The molecule has 0 aliphatic heterocycles. The molecule has 1 heterocycles. The van der Waals surface area contributed by atoms with E-state index >= 15 is 0 Å². The summed E-state index contributed by atoms with van der Waals surface area (Å²) in [6.45, 7) is 3.04. The number of rotatable bonds is 4. The van der Waals surface area contributed by atoms with Gasteiger partial charge in [0.2, 0.25) is 0 Å². The van der Waals surface area contributed by atoms with Crippen molar-refractivity contribution in [2.24, 2.45) is 5.41 Å². The molecule has 0 unspecified atom stereocenters. The van der Waals surface area contributed by atoms with E-state index < -0.39 is 0 Å². The lowest BCUT2D eigenvalue weighted by atomic mass is 9.76. The van der Waals surface area contributed by atoms with E-state index in [0.717, 1.165) is 12.4 Å². The molecule has 2 rings (SSSR count). The summed E-state index contributed by atoms with van der Waals surface area (Å²) in [4.78, 5) is 16.2. The van der Waals surface area contributed by atoms with Crippen LogP contribution < -0.4 is 10.6 Å². The van der Waals surface area contributed by atoms with Crippen molar-refractivity contribution in [3.8, 4) is 0 Å². The first-order chi connectivity index (χ1) is 9.13. The van der Waals surface area contributed by atoms with Crippen LogP contribution in [0.5, 0.6) is 0 Å². The second-order valence-electron chi connectivity index (χ2n) is 5.74. The largest absolute Gasteiger partial charge is 0.373 e. The molecule has 4 heteroatoms. The van der Waals surface area contributed by atoms with Crippen LogP contribution in [0.25, 0.3) is 0 Å². The maximum Gasteiger partial charge on any atom is 0.252 e. The van der Waals surface area contributed by atoms with Crippen molar-refractivity contribution in [3.63, 3.8) is 0 Å². The highest BCUT2D eigenvalue weighted by atomic mass is 16.1. The number of nitrogens with zero attached hydrogens (tertiary/aromatic N) is 1. The monoisotopic (exact) mass is 261 g/mol. The minimum atomic E-state index is -0.0260. The molecule has 1 amide bonds. The van der Waals surface area contributed by atoms with Crippen molar-refractivity contribution >= 4 is 11.7 Å². The van der Waals surface area contributed by atoms with Gasteiger partial charge in [0, 0.05) is 19.8 Å². The number of carbonyl (C=O) groups excluding carboxylic acids is 1. The number of pyridine rings is 1. The van der Waals surface area contributed by atoms with Gasteiger partial charge >= 0.3 is 0 Å². The molecule has 1 fully saturated rings. The Kier molecular flexibility index (Phi) is 4.40. The third-order valence-corrected chi connectivity index (χ3v) is 4.02. The topological polar surface area (TPSA) is 54.0 Å². The van der Waals surface area contributed by atoms with Crippen LogP contribution in [0.15, 0.2) is 18.3 Å². The molecule has 1 aromatic rings. The summed E-state index contributed by atoms with van der Waals surface area (Å²) < 4.78 is 0. The summed E-state index contributed by atoms with van der Waals surface area (Å²) in [5.41, 5.74) is 0.894. The predicted molar refractivity (Wildman–Crippen MR) is 77.3 cm³/mol. The van der Waals surface area contributed by atoms with Gasteiger partial charge in [-0.25, -0.2) is 4.98 Å². The highest BCUT2D eigenvalue weighted by Gasteiger charge is 2.27. The molecular weight excluding hydrogens is 238 g/mol. The molecular formula is C15H23N3O. The standard InChI is InChI=1S/C15H23N3O/c1-15(8-4-3-5-9-15)11-18-14(19)12-6-7-13(16-2)17-10-12/h6-7,10H,3-5,8-9,11H2,1-2H3,(H,16,17)(H,18,19). The average molecular weight is 261 g/mol. The van der Waals surface area contributed by atoms with Crippen LogP contribution in [0.1, 0.15) is 49.4 Å². The summed E-state index contributed by atoms with van der Waals surface area (Å²) >= 11 is 0. The van der Waals surface area contributed by atoms with Gasteiger partial charge in [-0.05, 0) is 30.4 Å². The van der Waals surface area contributed by atoms with Crippen LogP contribution in [0, 0.1) is 5.41 Å². The van der Waals surface area contributed by atoms with Crippen LogP contribution >= 0.6 is 0 Å². The summed E-state index contributed by atoms with van der Waals surface area (Å²) in [5.74, 6) is 0.748. The van der Waals surface area contributed by atoms with Gasteiger partial charge in [0.25, 0.3) is 5.91 Å². The Balaban J connectivity index is 1.89. The molecule has 2 N–H and O–H groups in total. The molecule has 1 aromatic heterocycles. The first kappa shape index (κ1) is 13.8. The predicted octanol–water partition coefficient (Wildman–Crippen LogP) is 2.82. The highest BCUT2D eigenvalue weighted by Crippen LogP contribution is 2.34. The van der Waals surface area contributed by atoms with Gasteiger partial charge in [-0.1, -0.05) is 26.2 Å². The van der Waals surface area contributed by atoms with Crippen molar-refractivity contribution in [2.45, 2.75) is 39.0 Å². The van der Waals surface area contributed by atoms with Crippen LogP contribution in [0.2, 0.25) is 0 Å². The minimum absolute atomic E-state index is 0.0260. The summed E-state index contributed by atoms with van der Waals surface area (Å²) in [5, 5.41) is 5.99. The van der Waals surface area contributed by atoms with Crippen LogP contribution in [-0.2, 0) is 0 Å². The van der Waals surface area contributed by atoms with E-state index in [1.54, 1.807) is 12.3 Å². The zero-order chi connectivity index (χ0) is 13.7. The number of nitrogens with one attached hydrogen (secondary N) is 2. The van der Waals surface area contributed by atoms with Crippen LogP contribution in [0.3, 0.4) is 0 Å². The smallest absolute Gasteiger partial charge is 0.252 e. The third-order valence-electron chi connectivity index (χ3n) is 4.02. The van der Waals surface area contributed by atoms with Gasteiger partial charge < -0.3 is 10.6 Å². The second kappa shape index (κ2) is 6.04. The number of aromatic nitrogens is 1. The number of hydrogen-bond donors (Lipinski definition) is 2. The van der Waals surface area contributed by atoms with Crippen LogP contribution in [-0.4, -0.2) is 24.5 Å². The Morgan fingerprint density at radius 2 is 2.05 bits per heavy atom. The molecule has 19 heavy (non-hydrogen) atoms. The SMILES string of the molecule is CNc1ccc(C(=O)NCC2(C)CCCCC2)cn1. The summed E-state index contributed by atoms with van der Waals surface area (Å²) in [7, 11) is 1.81. The van der Waals surface area contributed by atoms with Crippen molar-refractivity contribution in [1.82, 2.24) is 10.3 Å². The van der Waals surface area contributed by atoms with E-state index in [-0.39, 0.29) is 11.3 Å². The summed E-state index contributed by atoms with van der Waals surface area (Å²) in [6, 6.07) is 3.62. The van der Waals surface area contributed by atoms with Gasteiger partial charge in [0.15, 0.2) is 0 Å². The van der Waals surface area contributed by atoms with E-state index in [4.69, 9.17) is 0 Å². The molecule has 0 atom stereocenters. The normalized spacial score (nSPS) is 17.8. The Labute approximate surface area is 115 Å². The lowest BCUT2D eigenvalue weighted by molar-refractivity contribution is 0.0919. The Hall–Kier alpha value is -1.58. The Morgan fingerprint density at radius 1 is 1.32 bits per heavy atom. The molecule has 0 aromatic carbocycles. The number of hydrogen-bond acceptors (Lipinski definition) is 3. The zero-order valence-electron chi connectivity index (χ0n) is 11.8. The fourth-order valence-corrected chi connectivity index (χ4v) is 2.65. The molecule has 1 saturated carbocycles. The number of amides is 1. The number of anilines is 1. The average Bonchev–Trinajstić information content (AvgIpc) is 2.46. The second-order valence-corrected chi connectivity index (χ2v) is 5.74. The van der Waals surface area contributed by atoms with E-state index in [2.05, 4.69) is 22.5 Å². The molecule has 1 aliphatic carbocycles. The van der Waals surface area contributed by atoms with Gasteiger partial charge in [0.05, 0.1) is 5.56 Å². The van der Waals surface area contributed by atoms with Gasteiger partial charge in [-0.2, -0.15) is 0 Å². The molecule has 4 nitrogen and oxygen atoms in total. The first-order valence-corrected chi connectivity index (χ1v) is 7.05. The Morgan fingerprint density at radius 3 is 2.63 bits per heavy atom. The molecule has 104 valence electrons. The minimum Gasteiger partial charge on any atom is -0.373 e. The van der Waals surface area contributed by atoms with Crippen molar-refractivity contribution in [3.05, 3.63) is 23.9 Å². The number of carbonyl (C=O) groups is 1. The quantitative estimate of drug-likeness (QED) is 0.876. The van der Waals surface area contributed by atoms with E-state index in [1.807, 2.05) is 13.1 Å². The van der Waals surface area contributed by atoms with E-state index in [9.17, 15) is 4.79 Å².